The first-order valence-corrected chi connectivity index (χ1v) is 8.64. The molecule has 1 amide bonds. The minimum absolute atomic E-state index is 0.225. The minimum Gasteiger partial charge on any atom is -0.461 e. The third-order valence-electron chi connectivity index (χ3n) is 4.16. The van der Waals surface area contributed by atoms with Gasteiger partial charge in [0.25, 0.3) is 5.91 Å². The van der Waals surface area contributed by atoms with E-state index in [1.807, 2.05) is 0 Å². The van der Waals surface area contributed by atoms with E-state index in [1.54, 1.807) is 41.8 Å². The topological polar surface area (TPSA) is 64.4 Å². The summed E-state index contributed by atoms with van der Waals surface area (Å²) in [5, 5.41) is 5.05. The SMILES string of the molecule is CCOC(=O)c1nn(C)c2c1CN(C(=O)c1cc(Cl)ccc1Cl)CC2. The summed E-state index contributed by atoms with van der Waals surface area (Å²) in [6, 6.07) is 4.78. The van der Waals surface area contributed by atoms with Gasteiger partial charge in [-0.2, -0.15) is 5.10 Å². The molecule has 0 saturated carbocycles. The number of rotatable bonds is 3. The van der Waals surface area contributed by atoms with Crippen molar-refractivity contribution in [1.29, 1.82) is 0 Å². The van der Waals surface area contributed by atoms with Gasteiger partial charge in [0.1, 0.15) is 0 Å². The van der Waals surface area contributed by atoms with Crippen LogP contribution in [0.1, 0.15) is 39.0 Å². The van der Waals surface area contributed by atoms with Crippen molar-refractivity contribution in [1.82, 2.24) is 14.7 Å². The number of amides is 1. The highest BCUT2D eigenvalue weighted by Gasteiger charge is 2.30. The average Bonchev–Trinajstić information content (AvgIpc) is 2.93. The smallest absolute Gasteiger partial charge is 0.359 e. The van der Waals surface area contributed by atoms with Crippen LogP contribution in [0.2, 0.25) is 10.0 Å². The van der Waals surface area contributed by atoms with Crippen molar-refractivity contribution >= 4 is 35.1 Å². The molecule has 1 aromatic carbocycles. The Hall–Kier alpha value is -2.05. The molecule has 1 aliphatic rings. The molecule has 6 nitrogen and oxygen atoms in total. The van der Waals surface area contributed by atoms with Crippen LogP contribution in [0.4, 0.5) is 0 Å². The van der Waals surface area contributed by atoms with Crippen LogP contribution >= 0.6 is 23.2 Å². The first-order valence-electron chi connectivity index (χ1n) is 7.88. The Balaban J connectivity index is 1.91. The molecule has 25 heavy (non-hydrogen) atoms. The maximum absolute atomic E-state index is 12.8. The fourth-order valence-electron chi connectivity index (χ4n) is 2.96. The second-order valence-electron chi connectivity index (χ2n) is 5.72. The van der Waals surface area contributed by atoms with Gasteiger partial charge < -0.3 is 9.64 Å². The van der Waals surface area contributed by atoms with Gasteiger partial charge in [-0.1, -0.05) is 23.2 Å². The van der Waals surface area contributed by atoms with Crippen molar-refractivity contribution in [3.05, 3.63) is 50.8 Å². The number of benzene rings is 1. The van der Waals surface area contributed by atoms with E-state index in [1.165, 1.54) is 0 Å². The van der Waals surface area contributed by atoms with E-state index in [4.69, 9.17) is 27.9 Å². The van der Waals surface area contributed by atoms with Gasteiger partial charge in [0.2, 0.25) is 0 Å². The molecule has 1 aliphatic heterocycles. The van der Waals surface area contributed by atoms with Crippen molar-refractivity contribution in [2.75, 3.05) is 13.2 Å². The monoisotopic (exact) mass is 381 g/mol. The summed E-state index contributed by atoms with van der Waals surface area (Å²) in [7, 11) is 1.78. The fraction of sp³-hybridized carbons (Fsp3) is 0.353. The van der Waals surface area contributed by atoms with Crippen LogP contribution < -0.4 is 0 Å². The quantitative estimate of drug-likeness (QED) is 0.766. The third-order valence-corrected chi connectivity index (χ3v) is 4.72. The minimum atomic E-state index is -0.477. The zero-order valence-electron chi connectivity index (χ0n) is 13.9. The Bertz CT molecular complexity index is 848. The molecule has 0 bridgehead atoms. The largest absolute Gasteiger partial charge is 0.461 e. The maximum Gasteiger partial charge on any atom is 0.359 e. The van der Waals surface area contributed by atoms with Crippen LogP contribution in [0.3, 0.4) is 0 Å². The van der Waals surface area contributed by atoms with Crippen LogP contribution in [0.25, 0.3) is 0 Å². The molecule has 0 fully saturated rings. The number of nitrogens with zero attached hydrogens (tertiary/aromatic N) is 3. The van der Waals surface area contributed by atoms with Gasteiger partial charge in [-0.25, -0.2) is 4.79 Å². The van der Waals surface area contributed by atoms with Gasteiger partial charge in [-0.05, 0) is 25.1 Å². The molecule has 0 saturated heterocycles. The molecule has 132 valence electrons. The molecule has 2 aromatic rings. The standard InChI is InChI=1S/C17H17Cl2N3O3/c1-3-25-17(24)15-12-9-22(7-6-14(12)21(2)20-15)16(23)11-8-10(18)4-5-13(11)19/h4-5,8H,3,6-7,9H2,1-2H3. The van der Waals surface area contributed by atoms with E-state index in [9.17, 15) is 9.59 Å². The summed E-state index contributed by atoms with van der Waals surface area (Å²) in [4.78, 5) is 26.6. The number of hydrogen-bond acceptors (Lipinski definition) is 4. The van der Waals surface area contributed by atoms with E-state index in [0.717, 1.165) is 11.3 Å². The molecule has 0 atom stereocenters. The van der Waals surface area contributed by atoms with Crippen LogP contribution in [-0.2, 0) is 24.8 Å². The van der Waals surface area contributed by atoms with Crippen molar-refractivity contribution < 1.29 is 14.3 Å². The molecule has 0 radical (unpaired) electrons. The Labute approximate surface area is 155 Å². The first-order chi connectivity index (χ1) is 11.9. The molecule has 3 rings (SSSR count). The number of hydrogen-bond donors (Lipinski definition) is 0. The van der Waals surface area contributed by atoms with E-state index in [-0.39, 0.29) is 24.8 Å². The van der Waals surface area contributed by atoms with Gasteiger partial charge >= 0.3 is 5.97 Å². The molecular formula is C17H17Cl2N3O3. The number of aryl methyl sites for hydroxylation is 1. The number of aromatic nitrogens is 2. The van der Waals surface area contributed by atoms with E-state index in [2.05, 4.69) is 5.10 Å². The predicted molar refractivity (Wildman–Crippen MR) is 94.1 cm³/mol. The number of ether oxygens (including phenoxy) is 1. The molecular weight excluding hydrogens is 365 g/mol. The average molecular weight is 382 g/mol. The number of fused-ring (bicyclic) bond motifs is 1. The molecule has 1 aromatic heterocycles. The van der Waals surface area contributed by atoms with E-state index < -0.39 is 5.97 Å². The Kier molecular flexibility index (Phi) is 5.01. The summed E-state index contributed by atoms with van der Waals surface area (Å²) >= 11 is 12.1. The zero-order valence-corrected chi connectivity index (χ0v) is 15.4. The first kappa shape index (κ1) is 17.8. The summed E-state index contributed by atoms with van der Waals surface area (Å²) in [5.74, 6) is -0.703. The van der Waals surface area contributed by atoms with Gasteiger partial charge in [-0.15, -0.1) is 0 Å². The lowest BCUT2D eigenvalue weighted by Gasteiger charge is -2.28. The highest BCUT2D eigenvalue weighted by molar-refractivity contribution is 6.35. The van der Waals surface area contributed by atoms with Crippen LogP contribution in [-0.4, -0.2) is 39.7 Å². The van der Waals surface area contributed by atoms with Crippen molar-refractivity contribution in [2.45, 2.75) is 19.9 Å². The van der Waals surface area contributed by atoms with E-state index >= 15 is 0 Å². The molecule has 0 spiro atoms. The van der Waals surface area contributed by atoms with Crippen LogP contribution in [0.15, 0.2) is 18.2 Å². The highest BCUT2D eigenvalue weighted by Crippen LogP contribution is 2.27. The molecule has 0 aliphatic carbocycles. The lowest BCUT2D eigenvalue weighted by Crippen LogP contribution is -2.36. The second kappa shape index (κ2) is 7.06. The van der Waals surface area contributed by atoms with Crippen molar-refractivity contribution in [2.24, 2.45) is 7.05 Å². The maximum atomic E-state index is 12.8. The zero-order chi connectivity index (χ0) is 18.1. The Morgan fingerprint density at radius 2 is 2.08 bits per heavy atom. The number of esters is 1. The lowest BCUT2D eigenvalue weighted by molar-refractivity contribution is 0.0513. The van der Waals surface area contributed by atoms with Gasteiger partial charge in [0, 0.05) is 36.3 Å². The Morgan fingerprint density at radius 3 is 2.80 bits per heavy atom. The third kappa shape index (κ3) is 3.37. The number of carbonyl (C=O) groups is 2. The lowest BCUT2D eigenvalue weighted by atomic mass is 10.0. The van der Waals surface area contributed by atoms with Crippen molar-refractivity contribution in [3.63, 3.8) is 0 Å². The summed E-state index contributed by atoms with van der Waals surface area (Å²) in [5.41, 5.74) is 2.26. The molecule has 0 unspecified atom stereocenters. The van der Waals surface area contributed by atoms with Gasteiger partial charge in [-0.3, -0.25) is 9.48 Å². The number of carbonyl (C=O) groups excluding carboxylic acids is 2. The summed E-state index contributed by atoms with van der Waals surface area (Å²) in [6.07, 6.45) is 0.599. The number of halogens is 2. The van der Waals surface area contributed by atoms with Crippen LogP contribution in [0.5, 0.6) is 0 Å². The fourth-order valence-corrected chi connectivity index (χ4v) is 3.33. The van der Waals surface area contributed by atoms with Gasteiger partial charge in [0.05, 0.1) is 23.7 Å². The van der Waals surface area contributed by atoms with Crippen LogP contribution in [0, 0.1) is 0 Å². The normalized spacial score (nSPS) is 13.5. The Morgan fingerprint density at radius 1 is 1.32 bits per heavy atom. The van der Waals surface area contributed by atoms with Gasteiger partial charge in [0.15, 0.2) is 5.69 Å². The highest BCUT2D eigenvalue weighted by atomic mass is 35.5. The van der Waals surface area contributed by atoms with E-state index in [0.29, 0.717) is 28.6 Å². The summed E-state index contributed by atoms with van der Waals surface area (Å²) in [6.45, 7) is 2.80. The molecule has 8 heteroatoms. The molecule has 0 N–H and O–H groups in total. The molecule has 2 heterocycles. The van der Waals surface area contributed by atoms with Crippen molar-refractivity contribution in [3.8, 4) is 0 Å². The second-order valence-corrected chi connectivity index (χ2v) is 6.56. The summed E-state index contributed by atoms with van der Waals surface area (Å²) < 4.78 is 6.74. The predicted octanol–water partition coefficient (Wildman–Crippen LogP) is 3.10.